The molecule has 10 heteroatoms. The molecule has 0 bridgehead atoms. The lowest BCUT2D eigenvalue weighted by Gasteiger charge is -2.11. The fourth-order valence-electron chi connectivity index (χ4n) is 4.51. The fourth-order valence-corrected chi connectivity index (χ4v) is 4.51. The van der Waals surface area contributed by atoms with Crippen LogP contribution in [0.4, 0.5) is 15.9 Å². The Morgan fingerprint density at radius 2 is 1.78 bits per heavy atom. The van der Waals surface area contributed by atoms with Gasteiger partial charge in [-0.25, -0.2) is 19.0 Å². The van der Waals surface area contributed by atoms with Gasteiger partial charge in [0.05, 0.1) is 29.9 Å². The number of anilines is 2. The molecule has 2 heterocycles. The van der Waals surface area contributed by atoms with Crippen LogP contribution in [0.25, 0.3) is 28.2 Å². The molecule has 0 unspecified atom stereocenters. The molecule has 9 nitrogen and oxygen atoms in total. The van der Waals surface area contributed by atoms with E-state index in [1.807, 2.05) is 25.1 Å². The molecular weight excluding hydrogens is 523 g/mol. The molecule has 3 aromatic carbocycles. The van der Waals surface area contributed by atoms with Crippen LogP contribution in [-0.4, -0.2) is 31.8 Å². The normalized spacial score (nSPS) is 10.9. The third-order valence-electron chi connectivity index (χ3n) is 6.70. The predicted molar refractivity (Wildman–Crippen MR) is 157 cm³/mol. The smallest absolute Gasteiger partial charge is 0.284 e. The Morgan fingerprint density at radius 1 is 1.05 bits per heavy atom. The number of halogens is 1. The zero-order chi connectivity index (χ0) is 29.1. The van der Waals surface area contributed by atoms with Gasteiger partial charge in [-0.1, -0.05) is 43.3 Å². The Balaban J connectivity index is 1.40. The van der Waals surface area contributed by atoms with Gasteiger partial charge < -0.3 is 15.8 Å². The highest BCUT2D eigenvalue weighted by Gasteiger charge is 2.22. The largest absolute Gasteiger partial charge is 0.491 e. The molecule has 0 spiro atoms. The summed E-state index contributed by atoms with van der Waals surface area (Å²) in [5.74, 6) is -0.724. The lowest BCUT2D eigenvalue weighted by atomic mass is 10.1. The first-order valence-corrected chi connectivity index (χ1v) is 13.1. The predicted octanol–water partition coefficient (Wildman–Crippen LogP) is 5.37. The van der Waals surface area contributed by atoms with Crippen molar-refractivity contribution in [2.45, 2.75) is 20.3 Å². The second-order valence-corrected chi connectivity index (χ2v) is 9.42. The number of nitrogens with two attached hydrogens (primary N) is 1. The van der Waals surface area contributed by atoms with Crippen molar-refractivity contribution in [1.82, 2.24) is 19.3 Å². The number of nitrogen functional groups attached to an aromatic ring is 1. The highest BCUT2D eigenvalue weighted by molar-refractivity contribution is 6.05. The minimum Gasteiger partial charge on any atom is -0.491 e. The van der Waals surface area contributed by atoms with Gasteiger partial charge in [-0.2, -0.15) is 0 Å². The van der Waals surface area contributed by atoms with E-state index >= 15 is 4.39 Å². The van der Waals surface area contributed by atoms with E-state index in [9.17, 15) is 9.59 Å². The van der Waals surface area contributed by atoms with Crippen molar-refractivity contribution in [2.24, 2.45) is 7.05 Å². The third kappa shape index (κ3) is 5.31. The Bertz CT molecular complexity index is 1780. The lowest BCUT2D eigenvalue weighted by Crippen LogP contribution is -2.25. The van der Waals surface area contributed by atoms with Crippen LogP contribution >= 0.6 is 0 Å². The number of carbonyl (C=O) groups is 1. The van der Waals surface area contributed by atoms with Gasteiger partial charge in [0.1, 0.15) is 17.1 Å². The molecule has 0 saturated heterocycles. The minimum absolute atomic E-state index is 0.0513. The second-order valence-electron chi connectivity index (χ2n) is 9.42. The first-order chi connectivity index (χ1) is 19.8. The summed E-state index contributed by atoms with van der Waals surface area (Å²) in [6.45, 7) is 4.07. The van der Waals surface area contributed by atoms with Crippen molar-refractivity contribution < 1.29 is 13.9 Å². The number of hydrogen-bond acceptors (Lipinski definition) is 6. The molecule has 5 aromatic rings. The number of carbonyl (C=O) groups excluding carboxylic acids is 1. The standard InChI is InChI=1S/C31H29FN6O3/c1-4-17-41-25-12-8-11-23(27(25)32)24-18-34-29(33)28(36-24)20-13-15-21(16-14-20)35-30(39)26-19(2)37(3)38(31(26)40)22-9-6-5-7-10-22/h5-16,18H,4,17H2,1-3H3,(H2,33,34)(H,35,39). The highest BCUT2D eigenvalue weighted by atomic mass is 19.1. The van der Waals surface area contributed by atoms with E-state index in [0.717, 1.165) is 6.42 Å². The molecule has 41 heavy (non-hydrogen) atoms. The van der Waals surface area contributed by atoms with Gasteiger partial charge in [0.25, 0.3) is 11.5 Å². The molecule has 0 aliphatic rings. The third-order valence-corrected chi connectivity index (χ3v) is 6.70. The molecule has 0 radical (unpaired) electrons. The molecule has 0 aliphatic heterocycles. The first kappa shape index (κ1) is 27.3. The van der Waals surface area contributed by atoms with Crippen LogP contribution in [-0.2, 0) is 7.05 Å². The van der Waals surface area contributed by atoms with E-state index in [1.54, 1.807) is 73.3 Å². The number of para-hydroxylation sites is 1. The topological polar surface area (TPSA) is 117 Å². The van der Waals surface area contributed by atoms with Gasteiger partial charge in [0, 0.05) is 23.9 Å². The van der Waals surface area contributed by atoms with E-state index in [4.69, 9.17) is 10.5 Å². The Morgan fingerprint density at radius 3 is 2.49 bits per heavy atom. The number of amides is 1. The Labute approximate surface area is 236 Å². The summed E-state index contributed by atoms with van der Waals surface area (Å²) < 4.78 is 23.7. The average Bonchev–Trinajstić information content (AvgIpc) is 3.21. The van der Waals surface area contributed by atoms with Crippen LogP contribution in [0.5, 0.6) is 5.75 Å². The molecule has 2 aromatic heterocycles. The van der Waals surface area contributed by atoms with Crippen LogP contribution in [0, 0.1) is 12.7 Å². The summed E-state index contributed by atoms with van der Waals surface area (Å²) in [7, 11) is 1.73. The van der Waals surface area contributed by atoms with E-state index < -0.39 is 17.3 Å². The van der Waals surface area contributed by atoms with E-state index in [-0.39, 0.29) is 22.7 Å². The lowest BCUT2D eigenvalue weighted by molar-refractivity contribution is 0.102. The first-order valence-electron chi connectivity index (χ1n) is 13.1. The quantitative estimate of drug-likeness (QED) is 0.267. The summed E-state index contributed by atoms with van der Waals surface area (Å²) in [5.41, 5.74) is 8.96. The minimum atomic E-state index is -0.522. The summed E-state index contributed by atoms with van der Waals surface area (Å²) in [6, 6.07) is 20.8. The van der Waals surface area contributed by atoms with Crippen LogP contribution < -0.4 is 21.3 Å². The molecule has 0 saturated carbocycles. The number of hydrogen-bond donors (Lipinski definition) is 2. The molecule has 1 amide bonds. The highest BCUT2D eigenvalue weighted by Crippen LogP contribution is 2.31. The number of nitrogens with zero attached hydrogens (tertiary/aromatic N) is 4. The summed E-state index contributed by atoms with van der Waals surface area (Å²) in [5, 5.41) is 2.80. The van der Waals surface area contributed by atoms with Gasteiger partial charge in [0.15, 0.2) is 11.6 Å². The molecule has 3 N–H and O–H groups in total. The van der Waals surface area contributed by atoms with Crippen molar-refractivity contribution in [3.63, 3.8) is 0 Å². The Hall–Kier alpha value is -5.25. The maximum atomic E-state index is 15.1. The zero-order valence-corrected chi connectivity index (χ0v) is 22.9. The van der Waals surface area contributed by atoms with Crippen molar-refractivity contribution in [3.05, 3.63) is 106 Å². The summed E-state index contributed by atoms with van der Waals surface area (Å²) >= 11 is 0. The number of nitrogens with one attached hydrogen (secondary N) is 1. The van der Waals surface area contributed by atoms with Crippen molar-refractivity contribution >= 4 is 17.4 Å². The molecule has 5 rings (SSSR count). The second kappa shape index (κ2) is 11.5. The average molecular weight is 553 g/mol. The van der Waals surface area contributed by atoms with E-state index in [2.05, 4.69) is 15.3 Å². The molecule has 0 atom stereocenters. The number of benzene rings is 3. The summed E-state index contributed by atoms with van der Waals surface area (Å²) in [4.78, 5) is 35.2. The molecule has 0 aliphatic carbocycles. The van der Waals surface area contributed by atoms with Crippen molar-refractivity contribution in [2.75, 3.05) is 17.7 Å². The maximum absolute atomic E-state index is 15.1. The van der Waals surface area contributed by atoms with Crippen LogP contribution in [0.15, 0.2) is 83.8 Å². The SMILES string of the molecule is CCCOc1cccc(-c2cnc(N)c(-c3ccc(NC(=O)c4c(C)n(C)n(-c5ccccc5)c4=O)cc3)n2)c1F. The molecular formula is C31H29FN6O3. The molecule has 0 fully saturated rings. The van der Waals surface area contributed by atoms with E-state index in [1.165, 1.54) is 10.9 Å². The fraction of sp³-hybridized carbons (Fsp3) is 0.161. The van der Waals surface area contributed by atoms with E-state index in [0.29, 0.717) is 40.6 Å². The van der Waals surface area contributed by atoms with Gasteiger partial charge in [-0.3, -0.25) is 14.3 Å². The number of rotatable bonds is 8. The van der Waals surface area contributed by atoms with Gasteiger partial charge in [0.2, 0.25) is 0 Å². The van der Waals surface area contributed by atoms with Crippen LogP contribution in [0.1, 0.15) is 29.4 Å². The Kier molecular flexibility index (Phi) is 7.64. The van der Waals surface area contributed by atoms with Crippen LogP contribution in [0.3, 0.4) is 0 Å². The van der Waals surface area contributed by atoms with Gasteiger partial charge in [-0.15, -0.1) is 0 Å². The zero-order valence-electron chi connectivity index (χ0n) is 22.9. The van der Waals surface area contributed by atoms with Gasteiger partial charge in [-0.05, 0) is 49.7 Å². The molecule has 208 valence electrons. The number of aromatic nitrogens is 4. The number of ether oxygens (including phenoxy) is 1. The van der Waals surface area contributed by atoms with Crippen LogP contribution in [0.2, 0.25) is 0 Å². The summed E-state index contributed by atoms with van der Waals surface area (Å²) in [6.07, 6.45) is 2.17. The monoisotopic (exact) mass is 552 g/mol. The maximum Gasteiger partial charge on any atom is 0.284 e. The van der Waals surface area contributed by atoms with Crippen molar-refractivity contribution in [3.8, 4) is 34.0 Å². The van der Waals surface area contributed by atoms with Crippen molar-refractivity contribution in [1.29, 1.82) is 0 Å². The van der Waals surface area contributed by atoms with Gasteiger partial charge >= 0.3 is 0 Å².